The summed E-state index contributed by atoms with van der Waals surface area (Å²) in [6, 6.07) is 18.0. The molecule has 0 saturated carbocycles. The maximum atomic E-state index is 13.5. The molecule has 1 aliphatic heterocycles. The number of primary amides is 1. The molecule has 0 aromatic heterocycles. The van der Waals surface area contributed by atoms with Crippen LogP contribution >= 0.6 is 29.5 Å². The van der Waals surface area contributed by atoms with Crippen molar-refractivity contribution >= 4 is 35.4 Å². The lowest BCUT2D eigenvalue weighted by atomic mass is 9.98. The van der Waals surface area contributed by atoms with E-state index in [2.05, 4.69) is 24.3 Å². The highest BCUT2D eigenvalue weighted by Gasteiger charge is 2.51. The Balaban J connectivity index is 1.45. The number of thioether (sulfide) groups is 1. The van der Waals surface area contributed by atoms with Crippen LogP contribution in [0.25, 0.3) is 0 Å². The largest absolute Gasteiger partial charge is 0.494 e. The first-order chi connectivity index (χ1) is 14.9. The molecule has 0 radical (unpaired) electrons. The Morgan fingerprint density at radius 1 is 1.13 bits per heavy atom. The number of nitrogens with two attached hydrogens (primary N) is 1. The molecule has 1 fully saturated rings. The molecule has 1 unspecified atom stereocenters. The van der Waals surface area contributed by atoms with Crippen LogP contribution in [-0.2, 0) is 19.8 Å². The van der Waals surface area contributed by atoms with Gasteiger partial charge in [0, 0.05) is 23.9 Å². The minimum atomic E-state index is -2.93. The quantitative estimate of drug-likeness (QED) is 0.342. The molecule has 2 N–H and O–H groups in total. The molecule has 1 heterocycles. The molecule has 0 aliphatic carbocycles. The molecule has 1 amide bonds. The van der Waals surface area contributed by atoms with Gasteiger partial charge in [0.05, 0.1) is 6.61 Å². The topological polar surface area (TPSA) is 78.6 Å². The monoisotopic (exact) mass is 479 g/mol. The Morgan fingerprint density at radius 2 is 1.81 bits per heavy atom. The zero-order valence-corrected chi connectivity index (χ0v) is 20.4. The SMILES string of the molecule is CP(=O)(Sc1ccc(OCCCSCc2ccccc2)cc1)C1(C(N)=O)CCOCC1. The number of carbonyl (C=O) groups excluding carboxylic acids is 1. The van der Waals surface area contributed by atoms with E-state index in [0.717, 1.165) is 28.6 Å². The van der Waals surface area contributed by atoms with Gasteiger partial charge in [-0.15, -0.1) is 0 Å². The normalized spacial score (nSPS) is 17.6. The van der Waals surface area contributed by atoms with Gasteiger partial charge in [-0.2, -0.15) is 11.8 Å². The number of rotatable bonds is 11. The minimum absolute atomic E-state index is 0.409. The van der Waals surface area contributed by atoms with Crippen LogP contribution in [0.2, 0.25) is 0 Å². The molecule has 0 bridgehead atoms. The Morgan fingerprint density at radius 3 is 2.45 bits per heavy atom. The van der Waals surface area contributed by atoms with Crippen molar-refractivity contribution in [2.75, 3.05) is 32.2 Å². The zero-order chi connectivity index (χ0) is 22.2. The van der Waals surface area contributed by atoms with Gasteiger partial charge in [-0.05, 0) is 61.5 Å². The number of benzene rings is 2. The van der Waals surface area contributed by atoms with E-state index in [9.17, 15) is 9.36 Å². The fourth-order valence-electron chi connectivity index (χ4n) is 3.56. The van der Waals surface area contributed by atoms with Crippen LogP contribution in [0.4, 0.5) is 0 Å². The van der Waals surface area contributed by atoms with Crippen molar-refractivity contribution in [3.8, 4) is 5.75 Å². The summed E-state index contributed by atoms with van der Waals surface area (Å²) >= 11 is 3.17. The maximum Gasteiger partial charge on any atom is 0.232 e. The highest BCUT2D eigenvalue weighted by Crippen LogP contribution is 2.70. The maximum absolute atomic E-state index is 13.5. The Kier molecular flexibility index (Phi) is 8.96. The van der Waals surface area contributed by atoms with Gasteiger partial charge < -0.3 is 19.8 Å². The van der Waals surface area contributed by atoms with E-state index in [-0.39, 0.29) is 0 Å². The van der Waals surface area contributed by atoms with E-state index in [0.29, 0.717) is 32.7 Å². The van der Waals surface area contributed by atoms with Crippen LogP contribution in [0.1, 0.15) is 24.8 Å². The van der Waals surface area contributed by atoms with Crippen molar-refractivity contribution in [3.63, 3.8) is 0 Å². The molecule has 5 nitrogen and oxygen atoms in total. The second-order valence-electron chi connectivity index (χ2n) is 7.66. The van der Waals surface area contributed by atoms with Crippen molar-refractivity contribution in [2.45, 2.75) is 35.1 Å². The van der Waals surface area contributed by atoms with Crippen molar-refractivity contribution in [1.82, 2.24) is 0 Å². The molecule has 2 aromatic rings. The molecule has 1 atom stereocenters. The van der Waals surface area contributed by atoms with Gasteiger partial charge in [-0.1, -0.05) is 41.7 Å². The number of carbonyl (C=O) groups is 1. The fourth-order valence-corrected chi connectivity index (χ4v) is 9.60. The standard InChI is InChI=1S/C23H30NO4PS2/c1-29(26,23(22(24)25)12-15-27-16-13-23)31-21-10-8-20(9-11-21)28-14-5-17-30-18-19-6-3-2-4-7-19/h2-4,6-11H,5,12-18H2,1H3,(H2,24,25). The molecule has 1 aliphatic rings. The van der Waals surface area contributed by atoms with Gasteiger partial charge in [0.1, 0.15) is 10.9 Å². The van der Waals surface area contributed by atoms with Gasteiger partial charge in [0.25, 0.3) is 0 Å². The summed E-state index contributed by atoms with van der Waals surface area (Å²) in [5, 5.41) is -0.998. The average molecular weight is 480 g/mol. The highest BCUT2D eigenvalue weighted by atomic mass is 32.7. The third-order valence-corrected chi connectivity index (χ3v) is 12.4. The fraction of sp³-hybridized carbons (Fsp3) is 0.435. The summed E-state index contributed by atoms with van der Waals surface area (Å²) in [7, 11) is 0. The van der Waals surface area contributed by atoms with Crippen LogP contribution < -0.4 is 10.5 Å². The summed E-state index contributed by atoms with van der Waals surface area (Å²) in [6.07, 6.45) is -1.14. The van der Waals surface area contributed by atoms with Gasteiger partial charge in [0.15, 0.2) is 6.34 Å². The second kappa shape index (κ2) is 11.5. The number of amides is 1. The van der Waals surface area contributed by atoms with Crippen molar-refractivity contribution in [1.29, 1.82) is 0 Å². The predicted octanol–water partition coefficient (Wildman–Crippen LogP) is 5.42. The van der Waals surface area contributed by atoms with Crippen molar-refractivity contribution in [2.24, 2.45) is 5.73 Å². The predicted molar refractivity (Wildman–Crippen MR) is 131 cm³/mol. The minimum Gasteiger partial charge on any atom is -0.494 e. The third kappa shape index (κ3) is 6.55. The molecule has 168 valence electrons. The molecule has 1 saturated heterocycles. The van der Waals surface area contributed by atoms with Crippen LogP contribution in [0.15, 0.2) is 59.5 Å². The number of hydrogen-bond acceptors (Lipinski definition) is 6. The van der Waals surface area contributed by atoms with Crippen LogP contribution in [0, 0.1) is 0 Å². The second-order valence-corrected chi connectivity index (χ2v) is 14.6. The summed E-state index contributed by atoms with van der Waals surface area (Å²) in [6.45, 7) is 3.16. The lowest BCUT2D eigenvalue weighted by molar-refractivity contribution is -0.122. The van der Waals surface area contributed by atoms with Crippen LogP contribution in [0.3, 0.4) is 0 Å². The molecule has 0 spiro atoms. The lowest BCUT2D eigenvalue weighted by Gasteiger charge is -2.38. The summed E-state index contributed by atoms with van der Waals surface area (Å²) in [5.41, 5.74) is 7.03. The van der Waals surface area contributed by atoms with E-state index >= 15 is 0 Å². The Bertz CT molecular complexity index is 886. The Hall–Kier alpha value is -1.40. The van der Waals surface area contributed by atoms with Gasteiger partial charge in [-0.25, -0.2) is 0 Å². The number of ether oxygens (including phenoxy) is 2. The first-order valence-electron chi connectivity index (χ1n) is 10.4. The molecule has 3 rings (SSSR count). The van der Waals surface area contributed by atoms with E-state index in [4.69, 9.17) is 15.2 Å². The zero-order valence-electron chi connectivity index (χ0n) is 17.8. The van der Waals surface area contributed by atoms with Gasteiger partial charge >= 0.3 is 0 Å². The average Bonchev–Trinajstić information content (AvgIpc) is 2.78. The highest BCUT2D eigenvalue weighted by molar-refractivity contribution is 8.58. The van der Waals surface area contributed by atoms with Crippen molar-refractivity contribution < 1.29 is 18.8 Å². The van der Waals surface area contributed by atoms with Gasteiger partial charge in [0.2, 0.25) is 5.91 Å². The summed E-state index contributed by atoms with van der Waals surface area (Å²) < 4.78 is 24.7. The van der Waals surface area contributed by atoms with E-state index in [1.54, 1.807) is 6.66 Å². The molecule has 8 heteroatoms. The van der Waals surface area contributed by atoms with Crippen molar-refractivity contribution in [3.05, 3.63) is 60.2 Å². The van der Waals surface area contributed by atoms with E-state index in [1.807, 2.05) is 42.1 Å². The lowest BCUT2D eigenvalue weighted by Crippen LogP contribution is -2.47. The smallest absolute Gasteiger partial charge is 0.232 e. The van der Waals surface area contributed by atoms with E-state index < -0.39 is 17.4 Å². The molecule has 2 aromatic carbocycles. The van der Waals surface area contributed by atoms with Crippen LogP contribution in [-0.4, -0.2) is 43.3 Å². The van der Waals surface area contributed by atoms with E-state index in [1.165, 1.54) is 16.9 Å². The third-order valence-electron chi connectivity index (χ3n) is 5.47. The first kappa shape index (κ1) is 24.2. The number of hydrogen-bond donors (Lipinski definition) is 1. The first-order valence-corrected chi connectivity index (χ1v) is 15.2. The van der Waals surface area contributed by atoms with Gasteiger partial charge in [-0.3, -0.25) is 4.79 Å². The molecular weight excluding hydrogens is 449 g/mol. The van der Waals surface area contributed by atoms with Crippen LogP contribution in [0.5, 0.6) is 5.75 Å². The Labute approximate surface area is 193 Å². The summed E-state index contributed by atoms with van der Waals surface area (Å²) in [5.74, 6) is 2.36. The molecule has 31 heavy (non-hydrogen) atoms. The molecular formula is C23H30NO4PS2. The summed E-state index contributed by atoms with van der Waals surface area (Å²) in [4.78, 5) is 13.1.